The number of nitrogens with zero attached hydrogens (tertiary/aromatic N) is 1. The molecule has 132 valence electrons. The molecule has 0 atom stereocenters. The zero-order valence-corrected chi connectivity index (χ0v) is 15.9. The van der Waals surface area contributed by atoms with E-state index < -0.39 is 0 Å². The smallest absolute Gasteiger partial charge is 0.0525 e. The van der Waals surface area contributed by atoms with Gasteiger partial charge in [0.1, 0.15) is 0 Å². The summed E-state index contributed by atoms with van der Waals surface area (Å²) in [5.41, 5.74) is 7.64. The van der Waals surface area contributed by atoms with Gasteiger partial charge >= 0.3 is 0 Å². The van der Waals surface area contributed by atoms with Gasteiger partial charge in [-0.3, -0.25) is 0 Å². The van der Waals surface area contributed by atoms with E-state index in [0.717, 1.165) is 13.1 Å². The van der Waals surface area contributed by atoms with Gasteiger partial charge in [0.2, 0.25) is 0 Å². The van der Waals surface area contributed by atoms with Gasteiger partial charge in [0.25, 0.3) is 0 Å². The Bertz CT molecular complexity index is 842. The van der Waals surface area contributed by atoms with Crippen molar-refractivity contribution in [1.29, 1.82) is 0 Å². The van der Waals surface area contributed by atoms with Crippen molar-refractivity contribution in [3.05, 3.63) is 107 Å². The van der Waals surface area contributed by atoms with Crippen molar-refractivity contribution in [2.45, 2.75) is 20.8 Å². The lowest BCUT2D eigenvalue weighted by atomic mass is 9.92. The molecular formula is C25H27N. The summed E-state index contributed by atoms with van der Waals surface area (Å²) in [7, 11) is 0. The van der Waals surface area contributed by atoms with Gasteiger partial charge < -0.3 is 4.90 Å². The van der Waals surface area contributed by atoms with Gasteiger partial charge in [-0.15, -0.1) is 0 Å². The molecule has 0 bridgehead atoms. The summed E-state index contributed by atoms with van der Waals surface area (Å²) in [6.45, 7) is 8.54. The van der Waals surface area contributed by atoms with Crippen LogP contribution in [-0.2, 0) is 0 Å². The van der Waals surface area contributed by atoms with Gasteiger partial charge in [-0.25, -0.2) is 0 Å². The lowest BCUT2D eigenvalue weighted by Gasteiger charge is -2.29. The van der Waals surface area contributed by atoms with Gasteiger partial charge in [0, 0.05) is 18.7 Å². The van der Waals surface area contributed by atoms with E-state index in [9.17, 15) is 0 Å². The fourth-order valence-corrected chi connectivity index (χ4v) is 3.39. The molecule has 0 aliphatic rings. The molecule has 0 heterocycles. The van der Waals surface area contributed by atoms with Crippen molar-refractivity contribution in [1.82, 2.24) is 4.90 Å². The van der Waals surface area contributed by atoms with Crippen LogP contribution in [0.3, 0.4) is 0 Å². The fourth-order valence-electron chi connectivity index (χ4n) is 3.39. The lowest BCUT2D eigenvalue weighted by molar-refractivity contribution is 0.443. The minimum Gasteiger partial charge on any atom is -0.371 e. The molecule has 0 saturated heterocycles. The largest absolute Gasteiger partial charge is 0.371 e. The maximum Gasteiger partial charge on any atom is 0.0525 e. The van der Waals surface area contributed by atoms with Gasteiger partial charge in [-0.2, -0.15) is 0 Å². The van der Waals surface area contributed by atoms with Crippen LogP contribution >= 0.6 is 0 Å². The van der Waals surface area contributed by atoms with E-state index in [4.69, 9.17) is 0 Å². The third-order valence-electron chi connectivity index (χ3n) is 4.77. The van der Waals surface area contributed by atoms with Crippen molar-refractivity contribution >= 4 is 11.3 Å². The van der Waals surface area contributed by atoms with E-state index in [1.165, 1.54) is 33.5 Å². The molecule has 0 spiro atoms. The Morgan fingerprint density at radius 1 is 0.615 bits per heavy atom. The molecule has 3 rings (SSSR count). The van der Waals surface area contributed by atoms with Crippen LogP contribution in [0, 0.1) is 6.92 Å². The Kier molecular flexibility index (Phi) is 5.91. The minimum atomic E-state index is 0.975. The Hall–Kier alpha value is -2.80. The average Bonchev–Trinajstić information content (AvgIpc) is 2.70. The van der Waals surface area contributed by atoms with Crippen LogP contribution in [0.15, 0.2) is 84.9 Å². The van der Waals surface area contributed by atoms with Crippen LogP contribution in [0.2, 0.25) is 0 Å². The molecule has 0 N–H and O–H groups in total. The Morgan fingerprint density at radius 2 is 1.08 bits per heavy atom. The summed E-state index contributed by atoms with van der Waals surface area (Å²) in [6, 6.07) is 30.4. The van der Waals surface area contributed by atoms with Gasteiger partial charge in [0.05, 0.1) is 5.70 Å². The van der Waals surface area contributed by atoms with Crippen molar-refractivity contribution in [3.8, 4) is 0 Å². The standard InChI is InChI=1S/C25H27N/c1-4-26(5-2)25(23-14-10-7-11-15-23)24(21-12-8-6-9-13-21)22-18-16-20(3)17-19-22/h6-19H,4-5H2,1-3H3/b25-24+. The van der Waals surface area contributed by atoms with E-state index in [1.54, 1.807) is 0 Å². The first kappa shape index (κ1) is 18.0. The summed E-state index contributed by atoms with van der Waals surface area (Å²) in [4.78, 5) is 2.46. The normalized spacial score (nSPS) is 11.8. The highest BCUT2D eigenvalue weighted by Gasteiger charge is 2.18. The van der Waals surface area contributed by atoms with E-state index in [2.05, 4.69) is 111 Å². The zero-order chi connectivity index (χ0) is 18.4. The molecule has 0 radical (unpaired) electrons. The van der Waals surface area contributed by atoms with Crippen LogP contribution in [0.25, 0.3) is 11.3 Å². The molecule has 3 aromatic carbocycles. The van der Waals surface area contributed by atoms with Crippen molar-refractivity contribution in [3.63, 3.8) is 0 Å². The molecular weight excluding hydrogens is 314 g/mol. The maximum absolute atomic E-state index is 2.46. The van der Waals surface area contributed by atoms with E-state index in [-0.39, 0.29) is 0 Å². The first-order chi connectivity index (χ1) is 12.7. The van der Waals surface area contributed by atoms with E-state index in [1.807, 2.05) is 0 Å². The second-order valence-electron chi connectivity index (χ2n) is 6.49. The lowest BCUT2D eigenvalue weighted by Crippen LogP contribution is -2.22. The second-order valence-corrected chi connectivity index (χ2v) is 6.49. The summed E-state index contributed by atoms with van der Waals surface area (Å²) < 4.78 is 0. The first-order valence-corrected chi connectivity index (χ1v) is 9.41. The zero-order valence-electron chi connectivity index (χ0n) is 15.9. The van der Waals surface area contributed by atoms with Gasteiger partial charge in [-0.1, -0.05) is 90.5 Å². The fraction of sp³-hybridized carbons (Fsp3) is 0.200. The average molecular weight is 341 g/mol. The quantitative estimate of drug-likeness (QED) is 0.479. The molecule has 0 aliphatic heterocycles. The van der Waals surface area contributed by atoms with Crippen LogP contribution in [0.1, 0.15) is 36.1 Å². The summed E-state index contributed by atoms with van der Waals surface area (Å²) in [6.07, 6.45) is 0. The number of hydrogen-bond donors (Lipinski definition) is 0. The Balaban J connectivity index is 2.34. The molecule has 0 aliphatic carbocycles. The molecule has 0 fully saturated rings. The van der Waals surface area contributed by atoms with E-state index in [0.29, 0.717) is 0 Å². The highest BCUT2D eigenvalue weighted by atomic mass is 15.1. The summed E-state index contributed by atoms with van der Waals surface area (Å²) in [5, 5.41) is 0. The topological polar surface area (TPSA) is 3.24 Å². The Morgan fingerprint density at radius 3 is 1.58 bits per heavy atom. The SMILES string of the molecule is CCN(CC)/C(=C(\c1ccccc1)c1ccc(C)cc1)c1ccccc1. The monoisotopic (exact) mass is 341 g/mol. The van der Waals surface area contributed by atoms with Crippen molar-refractivity contribution in [2.75, 3.05) is 13.1 Å². The first-order valence-electron chi connectivity index (χ1n) is 9.41. The maximum atomic E-state index is 2.46. The second kappa shape index (κ2) is 8.53. The van der Waals surface area contributed by atoms with Crippen molar-refractivity contribution in [2.24, 2.45) is 0 Å². The number of hydrogen-bond acceptors (Lipinski definition) is 1. The van der Waals surface area contributed by atoms with Crippen molar-refractivity contribution < 1.29 is 0 Å². The highest BCUT2D eigenvalue weighted by Crippen LogP contribution is 2.34. The van der Waals surface area contributed by atoms with Crippen LogP contribution in [-0.4, -0.2) is 18.0 Å². The third-order valence-corrected chi connectivity index (χ3v) is 4.77. The van der Waals surface area contributed by atoms with Crippen LogP contribution in [0.5, 0.6) is 0 Å². The summed E-state index contributed by atoms with van der Waals surface area (Å²) >= 11 is 0. The van der Waals surface area contributed by atoms with Gasteiger partial charge in [-0.05, 0) is 37.5 Å². The Labute approximate surface area is 157 Å². The number of benzene rings is 3. The molecule has 3 aromatic rings. The van der Waals surface area contributed by atoms with Crippen LogP contribution in [0.4, 0.5) is 0 Å². The molecule has 0 amide bonds. The predicted molar refractivity (Wildman–Crippen MR) is 113 cm³/mol. The molecule has 1 heteroatoms. The molecule has 1 nitrogen and oxygen atoms in total. The van der Waals surface area contributed by atoms with Crippen LogP contribution < -0.4 is 0 Å². The number of rotatable bonds is 6. The summed E-state index contributed by atoms with van der Waals surface area (Å²) in [5.74, 6) is 0. The van der Waals surface area contributed by atoms with E-state index >= 15 is 0 Å². The molecule has 0 saturated carbocycles. The third kappa shape index (κ3) is 3.88. The molecule has 26 heavy (non-hydrogen) atoms. The molecule has 0 aromatic heterocycles. The molecule has 0 unspecified atom stereocenters. The van der Waals surface area contributed by atoms with Gasteiger partial charge in [0.15, 0.2) is 0 Å². The predicted octanol–water partition coefficient (Wildman–Crippen LogP) is 6.25. The number of aryl methyl sites for hydroxylation is 1. The minimum absolute atomic E-state index is 0.975. The highest BCUT2D eigenvalue weighted by molar-refractivity contribution is 5.97.